The highest BCUT2D eigenvalue weighted by atomic mass is 32.1. The van der Waals surface area contributed by atoms with Crippen molar-refractivity contribution in [2.24, 2.45) is 0 Å². The quantitative estimate of drug-likeness (QED) is 0.905. The van der Waals surface area contributed by atoms with Crippen LogP contribution in [0.25, 0.3) is 10.1 Å². The number of benzene rings is 1. The topological polar surface area (TPSA) is 21.3 Å². The first-order valence-electron chi connectivity index (χ1n) is 5.79. The number of hydrogen-bond donors (Lipinski definition) is 1. The molecule has 0 amide bonds. The van der Waals surface area contributed by atoms with Crippen molar-refractivity contribution in [1.29, 1.82) is 0 Å². The van der Waals surface area contributed by atoms with E-state index in [1.807, 2.05) is 29.6 Å². The molecule has 19 heavy (non-hydrogen) atoms. The van der Waals surface area contributed by atoms with E-state index in [1.165, 1.54) is 0 Å². The van der Waals surface area contributed by atoms with E-state index in [1.54, 1.807) is 18.4 Å². The lowest BCUT2D eigenvalue weighted by Crippen LogP contribution is -2.25. The molecule has 2 aromatic rings. The van der Waals surface area contributed by atoms with E-state index in [-0.39, 0.29) is 12.6 Å². The summed E-state index contributed by atoms with van der Waals surface area (Å²) in [5, 5.41) is 6.02. The monoisotopic (exact) mass is 289 g/mol. The van der Waals surface area contributed by atoms with Crippen molar-refractivity contribution in [2.45, 2.75) is 12.2 Å². The van der Waals surface area contributed by atoms with Gasteiger partial charge in [-0.3, -0.25) is 0 Å². The summed E-state index contributed by atoms with van der Waals surface area (Å²) in [5.41, 5.74) is 0.977. The molecule has 2 nitrogen and oxygen atoms in total. The summed E-state index contributed by atoms with van der Waals surface area (Å²) in [5.74, 6) is 0. The molecule has 1 unspecified atom stereocenters. The lowest BCUT2D eigenvalue weighted by Gasteiger charge is -2.17. The largest absolute Gasteiger partial charge is 0.411 e. The average Bonchev–Trinajstić information content (AvgIpc) is 2.77. The number of likely N-dealkylation sites (N-methyl/N-ethyl adjacent to an activating group) is 1. The van der Waals surface area contributed by atoms with Gasteiger partial charge in [-0.25, -0.2) is 0 Å². The second kappa shape index (κ2) is 5.90. The molecule has 2 rings (SSSR count). The number of alkyl halides is 3. The zero-order chi connectivity index (χ0) is 13.9. The van der Waals surface area contributed by atoms with Gasteiger partial charge in [-0.05, 0) is 29.4 Å². The Kier molecular flexibility index (Phi) is 4.44. The molecule has 0 fully saturated rings. The summed E-state index contributed by atoms with van der Waals surface area (Å²) in [4.78, 5) is 0. The van der Waals surface area contributed by atoms with Gasteiger partial charge in [0.1, 0.15) is 6.61 Å². The van der Waals surface area contributed by atoms with Gasteiger partial charge in [0, 0.05) is 4.70 Å². The van der Waals surface area contributed by atoms with Crippen LogP contribution in [-0.2, 0) is 4.74 Å². The van der Waals surface area contributed by atoms with Crippen LogP contribution >= 0.6 is 11.3 Å². The molecular formula is C13H14F3NOS. The molecule has 0 aliphatic heterocycles. The highest BCUT2D eigenvalue weighted by Gasteiger charge is 2.28. The van der Waals surface area contributed by atoms with E-state index < -0.39 is 12.8 Å². The third-order valence-electron chi connectivity index (χ3n) is 2.79. The van der Waals surface area contributed by atoms with Crippen LogP contribution in [0.15, 0.2) is 29.6 Å². The summed E-state index contributed by atoms with van der Waals surface area (Å²) >= 11 is 1.58. The predicted octanol–water partition coefficient (Wildman–Crippen LogP) is 3.74. The molecular weight excluding hydrogens is 275 g/mol. The van der Waals surface area contributed by atoms with Crippen LogP contribution in [0.5, 0.6) is 0 Å². The van der Waals surface area contributed by atoms with Crippen LogP contribution in [0.2, 0.25) is 0 Å². The fourth-order valence-electron chi connectivity index (χ4n) is 1.89. The number of fused-ring (bicyclic) bond motifs is 1. The van der Waals surface area contributed by atoms with Crippen LogP contribution in [0, 0.1) is 0 Å². The van der Waals surface area contributed by atoms with Gasteiger partial charge in [0.25, 0.3) is 0 Å². The lowest BCUT2D eigenvalue weighted by atomic mass is 10.1. The zero-order valence-electron chi connectivity index (χ0n) is 10.3. The van der Waals surface area contributed by atoms with E-state index in [9.17, 15) is 13.2 Å². The molecule has 1 N–H and O–H groups in total. The Labute approximate surface area is 113 Å². The summed E-state index contributed by atoms with van der Waals surface area (Å²) in [6, 6.07) is 7.58. The van der Waals surface area contributed by atoms with Crippen LogP contribution < -0.4 is 5.32 Å². The van der Waals surface area contributed by atoms with E-state index in [0.717, 1.165) is 15.6 Å². The van der Waals surface area contributed by atoms with E-state index in [4.69, 9.17) is 4.74 Å². The fourth-order valence-corrected chi connectivity index (χ4v) is 2.90. The Morgan fingerprint density at radius 3 is 2.74 bits per heavy atom. The van der Waals surface area contributed by atoms with Gasteiger partial charge in [-0.2, -0.15) is 13.2 Å². The second-order valence-corrected chi connectivity index (χ2v) is 5.07. The van der Waals surface area contributed by atoms with Crippen molar-refractivity contribution >= 4 is 21.4 Å². The maximum Gasteiger partial charge on any atom is 0.411 e. The molecule has 0 spiro atoms. The molecule has 0 bridgehead atoms. The third kappa shape index (κ3) is 3.68. The predicted molar refractivity (Wildman–Crippen MR) is 70.5 cm³/mol. The van der Waals surface area contributed by atoms with Gasteiger partial charge in [-0.1, -0.05) is 18.2 Å². The molecule has 0 saturated carbocycles. The Bertz CT molecular complexity index is 538. The Morgan fingerprint density at radius 1 is 1.32 bits per heavy atom. The fraction of sp³-hybridized carbons (Fsp3) is 0.385. The molecule has 0 radical (unpaired) electrons. The van der Waals surface area contributed by atoms with E-state index in [2.05, 4.69) is 5.32 Å². The van der Waals surface area contributed by atoms with Gasteiger partial charge in [0.15, 0.2) is 0 Å². The third-order valence-corrected chi connectivity index (χ3v) is 3.77. The molecule has 0 saturated heterocycles. The van der Waals surface area contributed by atoms with Crippen molar-refractivity contribution < 1.29 is 17.9 Å². The number of thiophene rings is 1. The van der Waals surface area contributed by atoms with Crippen LogP contribution in [-0.4, -0.2) is 26.4 Å². The first kappa shape index (κ1) is 14.3. The van der Waals surface area contributed by atoms with Crippen molar-refractivity contribution in [3.8, 4) is 0 Å². The molecule has 104 valence electrons. The molecule has 6 heteroatoms. The van der Waals surface area contributed by atoms with Crippen LogP contribution in [0.3, 0.4) is 0 Å². The first-order chi connectivity index (χ1) is 9.01. The highest BCUT2D eigenvalue weighted by Crippen LogP contribution is 2.30. The highest BCUT2D eigenvalue weighted by molar-refractivity contribution is 7.17. The number of ether oxygens (including phenoxy) is 1. The minimum atomic E-state index is -4.28. The zero-order valence-corrected chi connectivity index (χ0v) is 11.1. The second-order valence-electron chi connectivity index (χ2n) is 4.16. The van der Waals surface area contributed by atoms with E-state index >= 15 is 0 Å². The van der Waals surface area contributed by atoms with Crippen molar-refractivity contribution in [2.75, 3.05) is 20.3 Å². The molecule has 1 atom stereocenters. The molecule has 1 aromatic heterocycles. The van der Waals surface area contributed by atoms with Gasteiger partial charge in [-0.15, -0.1) is 11.3 Å². The SMILES string of the molecule is CNC(COCC(F)(F)F)c1csc2ccccc12. The number of rotatable bonds is 5. The molecule has 1 heterocycles. The van der Waals surface area contributed by atoms with E-state index in [0.29, 0.717) is 0 Å². The van der Waals surface area contributed by atoms with Crippen molar-refractivity contribution in [3.63, 3.8) is 0 Å². The molecule has 0 aliphatic carbocycles. The van der Waals surface area contributed by atoms with Gasteiger partial charge in [0.2, 0.25) is 0 Å². The van der Waals surface area contributed by atoms with Crippen molar-refractivity contribution in [3.05, 3.63) is 35.2 Å². The standard InChI is InChI=1S/C13H14F3NOS/c1-17-11(6-18-8-13(14,15)16)10-7-19-12-5-3-2-4-9(10)12/h2-5,7,11,17H,6,8H2,1H3. The summed E-state index contributed by atoms with van der Waals surface area (Å²) in [6.07, 6.45) is -4.28. The maximum atomic E-state index is 12.1. The number of hydrogen-bond acceptors (Lipinski definition) is 3. The number of halogens is 3. The van der Waals surface area contributed by atoms with Gasteiger partial charge >= 0.3 is 6.18 Å². The van der Waals surface area contributed by atoms with Gasteiger partial charge in [0.05, 0.1) is 12.6 Å². The normalized spacial score (nSPS) is 13.9. The minimum Gasteiger partial charge on any atom is -0.370 e. The molecule has 1 aromatic carbocycles. The Hall–Kier alpha value is -1.11. The van der Waals surface area contributed by atoms with Gasteiger partial charge < -0.3 is 10.1 Å². The van der Waals surface area contributed by atoms with Crippen molar-refractivity contribution in [1.82, 2.24) is 5.32 Å². The summed E-state index contributed by atoms with van der Waals surface area (Å²) in [6.45, 7) is -1.22. The first-order valence-corrected chi connectivity index (χ1v) is 6.67. The summed E-state index contributed by atoms with van der Waals surface area (Å²) in [7, 11) is 1.72. The van der Waals surface area contributed by atoms with Crippen LogP contribution in [0.4, 0.5) is 13.2 Å². The average molecular weight is 289 g/mol. The Morgan fingerprint density at radius 2 is 2.05 bits per heavy atom. The smallest absolute Gasteiger partial charge is 0.370 e. The number of nitrogens with one attached hydrogen (secondary N) is 1. The molecule has 0 aliphatic rings. The lowest BCUT2D eigenvalue weighted by molar-refractivity contribution is -0.175. The maximum absolute atomic E-state index is 12.1. The Balaban J connectivity index is 2.09. The minimum absolute atomic E-state index is 0.00324. The summed E-state index contributed by atoms with van der Waals surface area (Å²) < 4.78 is 42.0. The van der Waals surface area contributed by atoms with Crippen LogP contribution in [0.1, 0.15) is 11.6 Å².